The summed E-state index contributed by atoms with van der Waals surface area (Å²) in [7, 11) is 0. The second-order valence-electron chi connectivity index (χ2n) is 8.72. The van der Waals surface area contributed by atoms with Gasteiger partial charge in [0.2, 0.25) is 0 Å². The number of aliphatic hydroxyl groups is 1. The Labute approximate surface area is 182 Å². The van der Waals surface area contributed by atoms with Crippen LogP contribution in [-0.2, 0) is 19.6 Å². The highest BCUT2D eigenvalue weighted by Gasteiger charge is 2.27. The zero-order valence-corrected chi connectivity index (χ0v) is 18.5. The summed E-state index contributed by atoms with van der Waals surface area (Å²) in [5.74, 6) is 1.21. The van der Waals surface area contributed by atoms with Gasteiger partial charge < -0.3 is 9.67 Å². The first-order chi connectivity index (χ1) is 15.0. The lowest BCUT2D eigenvalue weighted by molar-refractivity contribution is 0.177. The van der Waals surface area contributed by atoms with E-state index in [0.29, 0.717) is 49.6 Å². The average Bonchev–Trinajstić information content (AvgIpc) is 3.40. The molecular formula is C24H32N4O3. The number of aryl methyl sites for hydroxylation is 1. The minimum atomic E-state index is -0.533. The highest BCUT2D eigenvalue weighted by atomic mass is 16.3. The number of imidazole rings is 1. The van der Waals surface area contributed by atoms with Crippen molar-refractivity contribution in [1.82, 2.24) is 18.7 Å². The standard InChI is InChI=1S/C24H32N4O3/c1-3-14-27-23(30)20-22(26(24(27)31)15-13-17(2)29)25-21(19-11-7-8-12-19)28(20)16-18-9-5-4-6-10-18/h4-6,9-10,17,19,29H,3,7-8,11-16H2,1-2H3. The summed E-state index contributed by atoms with van der Waals surface area (Å²) in [6, 6.07) is 10.1. The first kappa shape index (κ1) is 21.6. The highest BCUT2D eigenvalue weighted by Crippen LogP contribution is 2.35. The fourth-order valence-electron chi connectivity index (χ4n) is 4.67. The molecule has 7 nitrogen and oxygen atoms in total. The average molecular weight is 425 g/mol. The molecule has 1 fully saturated rings. The van der Waals surface area contributed by atoms with Crippen molar-refractivity contribution in [2.24, 2.45) is 0 Å². The van der Waals surface area contributed by atoms with Gasteiger partial charge >= 0.3 is 5.69 Å². The Morgan fingerprint density at radius 2 is 1.77 bits per heavy atom. The lowest BCUT2D eigenvalue weighted by Gasteiger charge is -2.14. The Morgan fingerprint density at radius 3 is 2.42 bits per heavy atom. The van der Waals surface area contributed by atoms with Crippen LogP contribution in [0.25, 0.3) is 11.2 Å². The molecule has 2 aromatic heterocycles. The lowest BCUT2D eigenvalue weighted by Crippen LogP contribution is -2.41. The van der Waals surface area contributed by atoms with E-state index >= 15 is 0 Å². The summed E-state index contributed by atoms with van der Waals surface area (Å²) < 4.78 is 4.98. The van der Waals surface area contributed by atoms with E-state index in [-0.39, 0.29) is 11.2 Å². The van der Waals surface area contributed by atoms with Gasteiger partial charge in [-0.05, 0) is 38.2 Å². The summed E-state index contributed by atoms with van der Waals surface area (Å²) in [5, 5.41) is 9.82. The molecule has 166 valence electrons. The maximum Gasteiger partial charge on any atom is 0.332 e. The van der Waals surface area contributed by atoms with Gasteiger partial charge in [-0.15, -0.1) is 0 Å². The molecule has 1 unspecified atom stereocenters. The molecule has 0 saturated heterocycles. The van der Waals surface area contributed by atoms with Gasteiger partial charge in [-0.2, -0.15) is 0 Å². The van der Waals surface area contributed by atoms with Crippen LogP contribution in [-0.4, -0.2) is 29.9 Å². The number of hydrogen-bond acceptors (Lipinski definition) is 4. The van der Waals surface area contributed by atoms with Crippen LogP contribution in [0.15, 0.2) is 39.9 Å². The number of benzene rings is 1. The second-order valence-corrected chi connectivity index (χ2v) is 8.72. The quantitative estimate of drug-likeness (QED) is 0.602. The molecule has 4 rings (SSSR count). The van der Waals surface area contributed by atoms with Crippen molar-refractivity contribution in [1.29, 1.82) is 0 Å². The molecule has 1 N–H and O–H groups in total. The maximum absolute atomic E-state index is 13.5. The molecule has 1 aliphatic carbocycles. The molecule has 0 amide bonds. The number of aromatic nitrogens is 4. The van der Waals surface area contributed by atoms with E-state index in [9.17, 15) is 14.7 Å². The molecule has 0 aliphatic heterocycles. The molecule has 0 spiro atoms. The first-order valence-corrected chi connectivity index (χ1v) is 11.5. The molecule has 3 aromatic rings. The van der Waals surface area contributed by atoms with Crippen molar-refractivity contribution >= 4 is 11.2 Å². The number of aliphatic hydroxyl groups excluding tert-OH is 1. The third-order valence-corrected chi connectivity index (χ3v) is 6.27. The van der Waals surface area contributed by atoms with E-state index in [2.05, 4.69) is 12.1 Å². The van der Waals surface area contributed by atoms with Gasteiger partial charge in [0.1, 0.15) is 5.82 Å². The Hall–Kier alpha value is -2.67. The van der Waals surface area contributed by atoms with Crippen molar-refractivity contribution in [3.63, 3.8) is 0 Å². The minimum absolute atomic E-state index is 0.261. The van der Waals surface area contributed by atoms with Gasteiger partial charge in [-0.25, -0.2) is 9.78 Å². The largest absolute Gasteiger partial charge is 0.393 e. The van der Waals surface area contributed by atoms with Crippen molar-refractivity contribution in [3.05, 3.63) is 62.6 Å². The molecule has 0 radical (unpaired) electrons. The summed E-state index contributed by atoms with van der Waals surface area (Å²) in [5.41, 5.74) is 1.47. The van der Waals surface area contributed by atoms with Crippen LogP contribution in [0, 0.1) is 0 Å². The third-order valence-electron chi connectivity index (χ3n) is 6.27. The number of fused-ring (bicyclic) bond motifs is 1. The Kier molecular flexibility index (Phi) is 6.41. The topological polar surface area (TPSA) is 82.1 Å². The van der Waals surface area contributed by atoms with Crippen LogP contribution in [0.5, 0.6) is 0 Å². The fraction of sp³-hybridized carbons (Fsp3) is 0.542. The predicted octanol–water partition coefficient (Wildman–Crippen LogP) is 3.25. The van der Waals surface area contributed by atoms with E-state index in [4.69, 9.17) is 4.98 Å². The van der Waals surface area contributed by atoms with Gasteiger partial charge in [0.15, 0.2) is 11.2 Å². The zero-order valence-electron chi connectivity index (χ0n) is 18.5. The van der Waals surface area contributed by atoms with Crippen LogP contribution >= 0.6 is 0 Å². The highest BCUT2D eigenvalue weighted by molar-refractivity contribution is 5.71. The van der Waals surface area contributed by atoms with E-state index in [1.807, 2.05) is 29.7 Å². The van der Waals surface area contributed by atoms with Gasteiger partial charge in [0.05, 0.1) is 6.10 Å². The maximum atomic E-state index is 13.5. The summed E-state index contributed by atoms with van der Waals surface area (Å²) >= 11 is 0. The molecule has 2 heterocycles. The molecule has 1 aliphatic rings. The van der Waals surface area contributed by atoms with Crippen LogP contribution < -0.4 is 11.2 Å². The minimum Gasteiger partial charge on any atom is -0.393 e. The van der Waals surface area contributed by atoms with Crippen molar-refractivity contribution in [2.45, 2.75) is 84.0 Å². The zero-order chi connectivity index (χ0) is 22.0. The lowest BCUT2D eigenvalue weighted by atomic mass is 10.1. The van der Waals surface area contributed by atoms with Gasteiger partial charge in [-0.3, -0.25) is 13.9 Å². The van der Waals surface area contributed by atoms with Crippen molar-refractivity contribution < 1.29 is 5.11 Å². The first-order valence-electron chi connectivity index (χ1n) is 11.5. The third kappa shape index (κ3) is 4.24. The van der Waals surface area contributed by atoms with Gasteiger partial charge in [0, 0.05) is 25.6 Å². The van der Waals surface area contributed by atoms with Gasteiger partial charge in [-0.1, -0.05) is 50.1 Å². The normalized spacial score (nSPS) is 15.7. The molecule has 1 aromatic carbocycles. The molecule has 7 heteroatoms. The van der Waals surface area contributed by atoms with Crippen LogP contribution in [0.3, 0.4) is 0 Å². The summed E-state index contributed by atoms with van der Waals surface area (Å²) in [4.78, 5) is 31.6. The van der Waals surface area contributed by atoms with Crippen LogP contribution in [0.2, 0.25) is 0 Å². The van der Waals surface area contributed by atoms with E-state index < -0.39 is 6.10 Å². The molecule has 1 saturated carbocycles. The predicted molar refractivity (Wildman–Crippen MR) is 122 cm³/mol. The molecule has 1 atom stereocenters. The Bertz CT molecular complexity index is 1150. The van der Waals surface area contributed by atoms with Crippen molar-refractivity contribution in [2.75, 3.05) is 0 Å². The van der Waals surface area contributed by atoms with E-state index in [0.717, 1.165) is 37.1 Å². The number of hydrogen-bond donors (Lipinski definition) is 1. The molecular weight excluding hydrogens is 392 g/mol. The Morgan fingerprint density at radius 1 is 1.06 bits per heavy atom. The SMILES string of the molecule is CCCn1c(=O)c2c(nc(C3CCCC3)n2Cc2ccccc2)n(CCC(C)O)c1=O. The number of rotatable bonds is 8. The fourth-order valence-corrected chi connectivity index (χ4v) is 4.67. The molecule has 31 heavy (non-hydrogen) atoms. The van der Waals surface area contributed by atoms with Gasteiger partial charge in [0.25, 0.3) is 5.56 Å². The van der Waals surface area contributed by atoms with Crippen LogP contribution in [0.1, 0.15) is 69.7 Å². The summed E-state index contributed by atoms with van der Waals surface area (Å²) in [6.45, 7) is 4.93. The Balaban J connectivity index is 1.98. The monoisotopic (exact) mass is 424 g/mol. The van der Waals surface area contributed by atoms with E-state index in [1.54, 1.807) is 11.5 Å². The van der Waals surface area contributed by atoms with Crippen LogP contribution in [0.4, 0.5) is 0 Å². The smallest absolute Gasteiger partial charge is 0.332 e. The van der Waals surface area contributed by atoms with E-state index in [1.165, 1.54) is 4.57 Å². The molecule has 0 bridgehead atoms. The second kappa shape index (κ2) is 9.22. The summed E-state index contributed by atoms with van der Waals surface area (Å²) in [6.07, 6.45) is 5.03. The van der Waals surface area contributed by atoms with Crippen molar-refractivity contribution in [3.8, 4) is 0 Å². The number of nitrogens with zero attached hydrogens (tertiary/aromatic N) is 4.